The number of benzene rings is 2. The van der Waals surface area contributed by atoms with Crippen LogP contribution in [0.25, 0.3) is 0 Å². The molecule has 0 saturated heterocycles. The number of fused-ring (bicyclic) bond motifs is 1. The highest BCUT2D eigenvalue weighted by Gasteiger charge is 2.12. The van der Waals surface area contributed by atoms with Crippen LogP contribution in [0.2, 0.25) is 0 Å². The zero-order valence-corrected chi connectivity index (χ0v) is 15.4. The molecule has 1 heterocycles. The molecule has 5 heteroatoms. The van der Waals surface area contributed by atoms with Crippen molar-refractivity contribution in [2.24, 2.45) is 0 Å². The Kier molecular flexibility index (Phi) is 5.87. The average Bonchev–Trinajstić information content (AvgIpc) is 2.85. The van der Waals surface area contributed by atoms with Gasteiger partial charge in [-0.25, -0.2) is 0 Å². The number of rotatable bonds is 5. The lowest BCUT2D eigenvalue weighted by Crippen LogP contribution is -2.13. The summed E-state index contributed by atoms with van der Waals surface area (Å²) in [4.78, 5) is 13.2. The fourth-order valence-electron chi connectivity index (χ4n) is 2.53. The van der Waals surface area contributed by atoms with E-state index in [1.165, 1.54) is 17.3 Å². The van der Waals surface area contributed by atoms with Crippen molar-refractivity contribution in [3.8, 4) is 11.5 Å². The third-order valence-corrected chi connectivity index (χ3v) is 4.94. The van der Waals surface area contributed by atoms with Gasteiger partial charge in [0.1, 0.15) is 0 Å². The third-order valence-electron chi connectivity index (χ3n) is 3.95. The molecule has 1 aliphatic rings. The molecule has 1 N–H and O–H groups in total. The molecule has 1 amide bonds. The summed E-state index contributed by atoms with van der Waals surface area (Å²) in [6.07, 6.45) is 0.884. The van der Waals surface area contributed by atoms with Crippen LogP contribution in [0.1, 0.15) is 31.7 Å². The van der Waals surface area contributed by atoms with Crippen molar-refractivity contribution >= 4 is 23.4 Å². The monoisotopic (exact) mass is 357 g/mol. The Bertz CT molecular complexity index is 728. The maximum absolute atomic E-state index is 12.2. The summed E-state index contributed by atoms with van der Waals surface area (Å²) < 4.78 is 11.3. The molecule has 0 saturated carbocycles. The summed E-state index contributed by atoms with van der Waals surface area (Å²) in [6.45, 7) is 5.64. The number of ether oxygens (including phenoxy) is 2. The Morgan fingerprint density at radius 2 is 1.80 bits per heavy atom. The van der Waals surface area contributed by atoms with E-state index >= 15 is 0 Å². The first-order chi connectivity index (χ1) is 12.1. The topological polar surface area (TPSA) is 47.6 Å². The Morgan fingerprint density at radius 1 is 1.08 bits per heavy atom. The minimum atomic E-state index is -0.0191. The van der Waals surface area contributed by atoms with Crippen molar-refractivity contribution in [1.82, 2.24) is 0 Å². The van der Waals surface area contributed by atoms with Crippen LogP contribution in [0.15, 0.2) is 47.4 Å². The average molecular weight is 357 g/mol. The van der Waals surface area contributed by atoms with Gasteiger partial charge in [-0.2, -0.15) is 0 Å². The molecule has 0 aliphatic carbocycles. The number of nitrogens with one attached hydrogen (secondary N) is 1. The van der Waals surface area contributed by atoms with Gasteiger partial charge in [-0.1, -0.05) is 26.0 Å². The van der Waals surface area contributed by atoms with Crippen LogP contribution in [-0.2, 0) is 4.79 Å². The maximum Gasteiger partial charge on any atom is 0.234 e. The lowest BCUT2D eigenvalue weighted by molar-refractivity contribution is -0.113. The first kappa shape index (κ1) is 17.7. The van der Waals surface area contributed by atoms with Crippen molar-refractivity contribution in [1.29, 1.82) is 0 Å². The van der Waals surface area contributed by atoms with Gasteiger partial charge in [0.15, 0.2) is 11.5 Å². The molecule has 0 bridgehead atoms. The standard InChI is InChI=1S/C20H23NO3S/c1-14(2)15-4-6-16(7-5-15)21-20(22)13-25-17-8-9-18-19(12-17)24-11-3-10-23-18/h4-9,12,14H,3,10-11,13H2,1-2H3,(H,21,22). The van der Waals surface area contributed by atoms with Crippen LogP contribution in [0, 0.1) is 0 Å². The molecule has 25 heavy (non-hydrogen) atoms. The summed E-state index contributed by atoms with van der Waals surface area (Å²) in [5.41, 5.74) is 2.09. The van der Waals surface area contributed by atoms with E-state index in [0.717, 1.165) is 28.5 Å². The number of hydrogen-bond acceptors (Lipinski definition) is 4. The summed E-state index contributed by atoms with van der Waals surface area (Å²) in [5.74, 6) is 2.35. The van der Waals surface area contributed by atoms with Crippen molar-refractivity contribution in [2.75, 3.05) is 24.3 Å². The van der Waals surface area contributed by atoms with E-state index < -0.39 is 0 Å². The molecule has 2 aromatic carbocycles. The predicted molar refractivity (Wildman–Crippen MR) is 102 cm³/mol. The summed E-state index contributed by atoms with van der Waals surface area (Å²) in [5, 5.41) is 2.93. The van der Waals surface area contributed by atoms with E-state index in [0.29, 0.717) is 24.9 Å². The minimum absolute atomic E-state index is 0.0191. The van der Waals surface area contributed by atoms with Gasteiger partial charge in [0.05, 0.1) is 19.0 Å². The van der Waals surface area contributed by atoms with Crippen LogP contribution < -0.4 is 14.8 Å². The van der Waals surface area contributed by atoms with Crippen molar-refractivity contribution in [3.63, 3.8) is 0 Å². The summed E-state index contributed by atoms with van der Waals surface area (Å²) in [6, 6.07) is 13.8. The molecule has 4 nitrogen and oxygen atoms in total. The molecular formula is C20H23NO3S. The minimum Gasteiger partial charge on any atom is -0.490 e. The highest BCUT2D eigenvalue weighted by Crippen LogP contribution is 2.33. The van der Waals surface area contributed by atoms with Gasteiger partial charge in [-0.05, 0) is 41.8 Å². The number of amides is 1. The summed E-state index contributed by atoms with van der Waals surface area (Å²) in [7, 11) is 0. The number of thioether (sulfide) groups is 1. The number of carbonyl (C=O) groups excluding carboxylic acids is 1. The normalized spacial score (nSPS) is 13.4. The molecule has 0 aromatic heterocycles. The molecule has 132 valence electrons. The smallest absolute Gasteiger partial charge is 0.234 e. The predicted octanol–water partition coefficient (Wildman–Crippen LogP) is 4.70. The second-order valence-corrected chi connectivity index (χ2v) is 7.32. The number of anilines is 1. The van der Waals surface area contributed by atoms with E-state index in [2.05, 4.69) is 31.3 Å². The van der Waals surface area contributed by atoms with Crippen LogP contribution in [0.4, 0.5) is 5.69 Å². The van der Waals surface area contributed by atoms with Gasteiger partial charge in [0.25, 0.3) is 0 Å². The molecule has 1 aliphatic heterocycles. The Hall–Kier alpha value is -2.14. The van der Waals surface area contributed by atoms with Crippen LogP contribution >= 0.6 is 11.8 Å². The Balaban J connectivity index is 1.54. The maximum atomic E-state index is 12.2. The second kappa shape index (κ2) is 8.30. The molecule has 0 spiro atoms. The van der Waals surface area contributed by atoms with E-state index in [9.17, 15) is 4.79 Å². The SMILES string of the molecule is CC(C)c1ccc(NC(=O)CSc2ccc3c(c2)OCCCO3)cc1. The fourth-order valence-corrected chi connectivity index (χ4v) is 3.26. The zero-order chi connectivity index (χ0) is 17.6. The number of carbonyl (C=O) groups is 1. The molecule has 0 radical (unpaired) electrons. The molecule has 0 fully saturated rings. The van der Waals surface area contributed by atoms with E-state index in [4.69, 9.17) is 9.47 Å². The molecule has 0 unspecified atom stereocenters. The van der Waals surface area contributed by atoms with Gasteiger partial charge in [0, 0.05) is 17.0 Å². The highest BCUT2D eigenvalue weighted by molar-refractivity contribution is 8.00. The van der Waals surface area contributed by atoms with Crippen LogP contribution in [-0.4, -0.2) is 24.9 Å². The van der Waals surface area contributed by atoms with Gasteiger partial charge in [-0.15, -0.1) is 11.8 Å². The number of hydrogen-bond donors (Lipinski definition) is 1. The van der Waals surface area contributed by atoms with Gasteiger partial charge >= 0.3 is 0 Å². The third kappa shape index (κ3) is 4.92. The van der Waals surface area contributed by atoms with Gasteiger partial charge in [0.2, 0.25) is 5.91 Å². The van der Waals surface area contributed by atoms with Crippen molar-refractivity contribution in [3.05, 3.63) is 48.0 Å². The summed E-state index contributed by atoms with van der Waals surface area (Å²) >= 11 is 1.49. The first-order valence-electron chi connectivity index (χ1n) is 8.54. The fraction of sp³-hybridized carbons (Fsp3) is 0.350. The molecular weight excluding hydrogens is 334 g/mol. The van der Waals surface area contributed by atoms with E-state index in [1.807, 2.05) is 30.3 Å². The highest BCUT2D eigenvalue weighted by atomic mass is 32.2. The van der Waals surface area contributed by atoms with E-state index in [1.54, 1.807) is 0 Å². The molecule has 2 aromatic rings. The first-order valence-corrected chi connectivity index (χ1v) is 9.52. The lowest BCUT2D eigenvalue weighted by Gasteiger charge is -2.10. The van der Waals surface area contributed by atoms with Crippen LogP contribution in [0.5, 0.6) is 11.5 Å². The Labute approximate surface area is 152 Å². The molecule has 0 atom stereocenters. The second-order valence-electron chi connectivity index (χ2n) is 6.27. The van der Waals surface area contributed by atoms with Crippen molar-refractivity contribution in [2.45, 2.75) is 31.1 Å². The van der Waals surface area contributed by atoms with E-state index in [-0.39, 0.29) is 5.91 Å². The largest absolute Gasteiger partial charge is 0.490 e. The zero-order valence-electron chi connectivity index (χ0n) is 14.6. The van der Waals surface area contributed by atoms with Gasteiger partial charge < -0.3 is 14.8 Å². The Morgan fingerprint density at radius 3 is 2.52 bits per heavy atom. The van der Waals surface area contributed by atoms with Crippen LogP contribution in [0.3, 0.4) is 0 Å². The van der Waals surface area contributed by atoms with Gasteiger partial charge in [-0.3, -0.25) is 4.79 Å². The molecule has 3 rings (SSSR count). The van der Waals surface area contributed by atoms with Crippen molar-refractivity contribution < 1.29 is 14.3 Å². The quantitative estimate of drug-likeness (QED) is 0.788. The lowest BCUT2D eigenvalue weighted by atomic mass is 10.0.